The van der Waals surface area contributed by atoms with Gasteiger partial charge in [0.1, 0.15) is 11.5 Å². The van der Waals surface area contributed by atoms with E-state index in [0.29, 0.717) is 41.0 Å². The summed E-state index contributed by atoms with van der Waals surface area (Å²) in [5, 5.41) is 0. The summed E-state index contributed by atoms with van der Waals surface area (Å²) in [6.45, 7) is 7.18. The summed E-state index contributed by atoms with van der Waals surface area (Å²) in [5.74, 6) is -0.884. The molecule has 0 radical (unpaired) electrons. The van der Waals surface area contributed by atoms with Crippen molar-refractivity contribution in [2.75, 3.05) is 13.2 Å². The molecule has 0 heterocycles. The van der Waals surface area contributed by atoms with Crippen molar-refractivity contribution in [3.05, 3.63) is 154 Å². The van der Waals surface area contributed by atoms with E-state index in [1.165, 1.54) is 102 Å². The van der Waals surface area contributed by atoms with Crippen LogP contribution in [0.4, 0.5) is 8.78 Å². The number of hydrogen-bond acceptors (Lipinski definition) is 6. The molecule has 0 aromatic heterocycles. The Bertz CT molecular complexity index is 2160. The highest BCUT2D eigenvalue weighted by Gasteiger charge is 2.16. The van der Waals surface area contributed by atoms with Gasteiger partial charge in [-0.3, -0.25) is 0 Å². The Morgan fingerprint density at radius 1 is 0.418 bits per heavy atom. The first-order chi connectivity index (χ1) is 32.7. The maximum atomic E-state index is 14.8. The van der Waals surface area contributed by atoms with Gasteiger partial charge in [0.25, 0.3) is 0 Å². The number of benzene rings is 5. The molecule has 5 aromatic carbocycles. The number of halogens is 2. The van der Waals surface area contributed by atoms with Crippen LogP contribution in [0.15, 0.2) is 103 Å². The zero-order valence-electron chi connectivity index (χ0n) is 40.0. The Balaban J connectivity index is 1.03. The normalized spacial score (nSPS) is 11.4. The number of unbranched alkanes of at least 4 members (excludes halogenated alkanes) is 16. The van der Waals surface area contributed by atoms with Crippen LogP contribution in [0, 0.1) is 18.6 Å². The molecule has 0 unspecified atom stereocenters. The third-order valence-corrected chi connectivity index (χ3v) is 11.8. The topological polar surface area (TPSA) is 71.1 Å². The Hall–Kier alpha value is -6.02. The molecule has 0 fully saturated rings. The predicted octanol–water partition coefficient (Wildman–Crippen LogP) is 16.9. The predicted molar refractivity (Wildman–Crippen MR) is 270 cm³/mol. The van der Waals surface area contributed by atoms with Crippen LogP contribution in [0.25, 0.3) is 24.3 Å². The van der Waals surface area contributed by atoms with E-state index in [2.05, 4.69) is 13.8 Å². The van der Waals surface area contributed by atoms with Crippen molar-refractivity contribution in [2.45, 2.75) is 136 Å². The molecule has 356 valence electrons. The minimum absolute atomic E-state index is 0.261. The molecule has 8 heteroatoms. The van der Waals surface area contributed by atoms with E-state index >= 15 is 0 Å². The number of hydrogen-bond donors (Lipinski definition) is 0. The fourth-order valence-corrected chi connectivity index (χ4v) is 7.64. The van der Waals surface area contributed by atoms with Gasteiger partial charge in [-0.2, -0.15) is 0 Å². The Morgan fingerprint density at radius 2 is 0.746 bits per heavy atom. The first kappa shape index (κ1) is 52.0. The maximum Gasteiger partial charge on any atom is 0.343 e. The summed E-state index contributed by atoms with van der Waals surface area (Å²) in [6.07, 6.45) is 29.2. The van der Waals surface area contributed by atoms with Gasteiger partial charge in [-0.1, -0.05) is 183 Å². The van der Waals surface area contributed by atoms with E-state index in [1.54, 1.807) is 85.8 Å². The molecule has 0 saturated heterocycles. The van der Waals surface area contributed by atoms with Crippen LogP contribution in [0.5, 0.6) is 23.0 Å². The van der Waals surface area contributed by atoms with Gasteiger partial charge in [0.15, 0.2) is 23.1 Å². The van der Waals surface area contributed by atoms with Crippen molar-refractivity contribution in [3.8, 4) is 23.0 Å². The first-order valence-electron chi connectivity index (χ1n) is 24.7. The van der Waals surface area contributed by atoms with Crippen molar-refractivity contribution in [3.63, 3.8) is 0 Å². The maximum absolute atomic E-state index is 14.8. The third kappa shape index (κ3) is 18.6. The molecule has 0 aliphatic rings. The average Bonchev–Trinajstić information content (AvgIpc) is 3.34. The van der Waals surface area contributed by atoms with E-state index < -0.39 is 23.6 Å². The summed E-state index contributed by atoms with van der Waals surface area (Å²) in [6, 6.07) is 28.6. The number of carbonyl (C=O) groups is 2. The molecule has 0 bridgehead atoms. The fourth-order valence-electron chi connectivity index (χ4n) is 7.64. The van der Waals surface area contributed by atoms with Gasteiger partial charge in [-0.15, -0.1) is 0 Å². The minimum atomic E-state index is -0.567. The molecule has 0 aliphatic carbocycles. The Labute approximate surface area is 398 Å². The number of ether oxygens (including phenoxy) is 4. The first-order valence-corrected chi connectivity index (χ1v) is 24.7. The molecule has 0 spiro atoms. The zero-order valence-corrected chi connectivity index (χ0v) is 40.0. The van der Waals surface area contributed by atoms with Crippen molar-refractivity contribution >= 4 is 36.2 Å². The van der Waals surface area contributed by atoms with Crippen LogP contribution in [-0.4, -0.2) is 25.2 Å². The lowest BCUT2D eigenvalue weighted by molar-refractivity contribution is 0.0730. The highest BCUT2D eigenvalue weighted by molar-refractivity contribution is 5.93. The molecule has 5 aromatic rings. The molecule has 5 rings (SSSR count). The van der Waals surface area contributed by atoms with Crippen molar-refractivity contribution < 1.29 is 37.3 Å². The van der Waals surface area contributed by atoms with E-state index in [4.69, 9.17) is 18.9 Å². The van der Waals surface area contributed by atoms with Crippen LogP contribution in [0.1, 0.15) is 178 Å². The number of rotatable bonds is 30. The van der Waals surface area contributed by atoms with E-state index in [0.717, 1.165) is 36.8 Å². The van der Waals surface area contributed by atoms with E-state index in [9.17, 15) is 18.4 Å². The summed E-state index contributed by atoms with van der Waals surface area (Å²) in [4.78, 5) is 26.3. The zero-order chi connectivity index (χ0) is 47.5. The second-order valence-corrected chi connectivity index (χ2v) is 17.3. The molecule has 0 saturated carbocycles. The molecule has 0 N–H and O–H groups in total. The highest BCUT2D eigenvalue weighted by Crippen LogP contribution is 2.29. The van der Waals surface area contributed by atoms with Gasteiger partial charge < -0.3 is 18.9 Å². The largest absolute Gasteiger partial charge is 0.491 e. The molecule has 67 heavy (non-hydrogen) atoms. The van der Waals surface area contributed by atoms with E-state index in [1.807, 2.05) is 36.4 Å². The highest BCUT2D eigenvalue weighted by atomic mass is 19.1. The van der Waals surface area contributed by atoms with Crippen LogP contribution in [-0.2, 0) is 0 Å². The number of esters is 2. The smallest absolute Gasteiger partial charge is 0.343 e. The van der Waals surface area contributed by atoms with Crippen LogP contribution in [0.2, 0.25) is 0 Å². The third-order valence-electron chi connectivity index (χ3n) is 11.8. The Morgan fingerprint density at radius 3 is 1.10 bits per heavy atom. The quantitative estimate of drug-likeness (QED) is 0.0198. The van der Waals surface area contributed by atoms with Crippen LogP contribution < -0.4 is 18.9 Å². The van der Waals surface area contributed by atoms with Gasteiger partial charge in [-0.25, -0.2) is 18.4 Å². The monoisotopic (exact) mass is 913 g/mol. The van der Waals surface area contributed by atoms with Crippen molar-refractivity contribution in [2.24, 2.45) is 0 Å². The van der Waals surface area contributed by atoms with Gasteiger partial charge in [0.2, 0.25) is 0 Å². The molecular formula is C59H70F2O6. The summed E-state index contributed by atoms with van der Waals surface area (Å²) in [7, 11) is 0. The molecular weight excluding hydrogens is 843 g/mol. The lowest BCUT2D eigenvalue weighted by Crippen LogP contribution is -2.12. The Kier molecular flexibility index (Phi) is 22.9. The van der Waals surface area contributed by atoms with Crippen LogP contribution >= 0.6 is 0 Å². The number of carbonyl (C=O) groups excluding carboxylic acids is 2. The summed E-state index contributed by atoms with van der Waals surface area (Å²) >= 11 is 0. The standard InChI is InChI=1S/C59H70F2O6/c1-4-6-8-10-12-14-16-18-20-41-64-56-39-33-48(43-52(56)60)27-25-46-29-35-50(36-30-46)58(62)66-54-23-22-24-55(45(54)3)67-59(63)51-37-31-47(32-38-51)26-28-49-34-40-57(53(61)44-49)65-42-21-19-17-15-13-11-9-7-5-2/h22-40,43-44H,4-21,41-42H2,1-3H3/b27-25+,28-26+. The second kappa shape index (κ2) is 29.6. The lowest BCUT2D eigenvalue weighted by Gasteiger charge is -2.12. The minimum Gasteiger partial charge on any atom is -0.491 e. The fraction of sp³-hybridized carbons (Fsp3) is 0.390. The molecule has 6 nitrogen and oxygen atoms in total. The van der Waals surface area contributed by atoms with Crippen LogP contribution in [0.3, 0.4) is 0 Å². The second-order valence-electron chi connectivity index (χ2n) is 17.3. The lowest BCUT2D eigenvalue weighted by atomic mass is 10.1. The van der Waals surface area contributed by atoms with Crippen molar-refractivity contribution in [1.82, 2.24) is 0 Å². The summed E-state index contributed by atoms with van der Waals surface area (Å²) < 4.78 is 52.4. The average molecular weight is 913 g/mol. The molecule has 0 atom stereocenters. The van der Waals surface area contributed by atoms with Crippen molar-refractivity contribution in [1.29, 1.82) is 0 Å². The van der Waals surface area contributed by atoms with Gasteiger partial charge in [-0.05, 0) is 103 Å². The van der Waals surface area contributed by atoms with Gasteiger partial charge >= 0.3 is 11.9 Å². The molecule has 0 aliphatic heterocycles. The van der Waals surface area contributed by atoms with Gasteiger partial charge in [0.05, 0.1) is 24.3 Å². The molecule has 0 amide bonds. The summed E-state index contributed by atoms with van der Waals surface area (Å²) in [5.41, 5.74) is 4.19. The van der Waals surface area contributed by atoms with Gasteiger partial charge in [0, 0.05) is 5.56 Å². The SMILES string of the molecule is CCCCCCCCCCCOc1ccc(/C=C/c2ccc(C(=O)Oc3cccc(OC(=O)c4ccc(/C=C/c5ccc(OCCCCCCCCCCC)c(F)c5)cc4)c3C)cc2)cc1F. The van der Waals surface area contributed by atoms with E-state index in [-0.39, 0.29) is 23.0 Å².